The zero-order chi connectivity index (χ0) is 43.1. The van der Waals surface area contributed by atoms with Crippen LogP contribution in [0.5, 0.6) is 5.75 Å². The molecule has 1 aromatic rings. The first-order valence-electron chi connectivity index (χ1n) is 26.8. The van der Waals surface area contributed by atoms with Crippen molar-refractivity contribution >= 4 is 8.60 Å². The Hall–Kier alpha value is -0.710. The van der Waals surface area contributed by atoms with Crippen molar-refractivity contribution < 1.29 is 23.0 Å². The topological polar surface area (TPSA) is 46.2 Å². The van der Waals surface area contributed by atoms with Gasteiger partial charge in [0.25, 0.3) is 0 Å². The minimum absolute atomic E-state index is 0.453. The summed E-state index contributed by atoms with van der Waals surface area (Å²) in [5, 5.41) is 0. The largest absolute Gasteiger partial charge is 0.427 e. The van der Waals surface area contributed by atoms with Crippen molar-refractivity contribution in [3.8, 4) is 5.75 Å². The standard InChI is InChI=1S/C54H103O5P/c1-5-9-13-15-17-19-21-23-29-38-48-55-52(42-11-7-3)44-34-27-25-31-40-50-57-60(59-54-46-36-33-37-47-54)58-51-41-32-26-28-35-45-53(43-12-8-4)56-49-39-30-24-22-20-18-16-14-10-6-2/h33,36-37,46-47,52-53H,5-32,34-35,38-45,48-51H2,1-4H3. The van der Waals surface area contributed by atoms with Crippen LogP contribution in [0.15, 0.2) is 30.3 Å². The summed E-state index contributed by atoms with van der Waals surface area (Å²) in [6.45, 7) is 12.5. The van der Waals surface area contributed by atoms with Crippen LogP contribution in [-0.4, -0.2) is 38.6 Å². The van der Waals surface area contributed by atoms with E-state index in [2.05, 4.69) is 27.7 Å². The molecule has 0 aliphatic heterocycles. The smallest absolute Gasteiger partial charge is 0.397 e. The predicted molar refractivity (Wildman–Crippen MR) is 264 cm³/mol. The van der Waals surface area contributed by atoms with Gasteiger partial charge in [0.2, 0.25) is 0 Å². The van der Waals surface area contributed by atoms with Gasteiger partial charge in [-0.05, 0) is 63.5 Å². The summed E-state index contributed by atoms with van der Waals surface area (Å²) in [5.74, 6) is 0.824. The van der Waals surface area contributed by atoms with Gasteiger partial charge in [-0.2, -0.15) is 0 Å². The monoisotopic (exact) mass is 863 g/mol. The number of ether oxygens (including phenoxy) is 2. The van der Waals surface area contributed by atoms with Crippen molar-refractivity contribution in [1.82, 2.24) is 0 Å². The second-order valence-electron chi connectivity index (χ2n) is 18.0. The van der Waals surface area contributed by atoms with E-state index in [0.717, 1.165) is 31.8 Å². The highest BCUT2D eigenvalue weighted by molar-refractivity contribution is 7.42. The second-order valence-corrected chi connectivity index (χ2v) is 19.2. The van der Waals surface area contributed by atoms with Crippen LogP contribution < -0.4 is 4.52 Å². The van der Waals surface area contributed by atoms with E-state index >= 15 is 0 Å². The molecule has 0 heterocycles. The van der Waals surface area contributed by atoms with E-state index in [4.69, 9.17) is 23.0 Å². The van der Waals surface area contributed by atoms with E-state index in [1.165, 1.54) is 231 Å². The average Bonchev–Trinajstić information content (AvgIpc) is 3.26. The van der Waals surface area contributed by atoms with Crippen molar-refractivity contribution in [2.75, 3.05) is 26.4 Å². The minimum Gasteiger partial charge on any atom is -0.427 e. The molecule has 2 unspecified atom stereocenters. The molecule has 0 amide bonds. The Bertz CT molecular complexity index is 880. The fourth-order valence-corrected chi connectivity index (χ4v) is 9.14. The first-order chi connectivity index (χ1) is 29.7. The molecular formula is C54H103O5P. The van der Waals surface area contributed by atoms with Crippen LogP contribution in [0.25, 0.3) is 0 Å². The highest BCUT2D eigenvalue weighted by Gasteiger charge is 2.15. The number of para-hydroxylation sites is 1. The van der Waals surface area contributed by atoms with Gasteiger partial charge in [-0.25, -0.2) is 0 Å². The Kier molecular flexibility index (Phi) is 45.6. The lowest BCUT2D eigenvalue weighted by atomic mass is 10.0. The van der Waals surface area contributed by atoms with Gasteiger partial charge in [0, 0.05) is 13.2 Å². The first kappa shape index (κ1) is 57.3. The van der Waals surface area contributed by atoms with Gasteiger partial charge < -0.3 is 23.0 Å². The zero-order valence-electron chi connectivity index (χ0n) is 40.7. The summed E-state index contributed by atoms with van der Waals surface area (Å²) >= 11 is 0. The summed E-state index contributed by atoms with van der Waals surface area (Å²) in [6.07, 6.45) is 50.6. The molecule has 6 heteroatoms. The number of unbranched alkanes of at least 4 members (excludes halogenated alkanes) is 28. The summed E-state index contributed by atoms with van der Waals surface area (Å²) in [4.78, 5) is 0. The quantitative estimate of drug-likeness (QED) is 0.0482. The molecule has 0 aliphatic rings. The van der Waals surface area contributed by atoms with Crippen LogP contribution in [0, 0.1) is 0 Å². The normalized spacial score (nSPS) is 13.2. The number of hydrogen-bond donors (Lipinski definition) is 0. The maximum atomic E-state index is 6.41. The van der Waals surface area contributed by atoms with Crippen molar-refractivity contribution in [3.05, 3.63) is 30.3 Å². The maximum Gasteiger partial charge on any atom is 0.397 e. The molecule has 0 radical (unpaired) electrons. The van der Waals surface area contributed by atoms with E-state index in [1.54, 1.807) is 0 Å². The van der Waals surface area contributed by atoms with Gasteiger partial charge >= 0.3 is 8.60 Å². The molecule has 0 N–H and O–H groups in total. The summed E-state index contributed by atoms with van der Waals surface area (Å²) in [7, 11) is -1.39. The fraction of sp³-hybridized carbons (Fsp3) is 0.889. The molecule has 5 nitrogen and oxygen atoms in total. The Morgan fingerprint density at radius 2 is 0.633 bits per heavy atom. The second kappa shape index (κ2) is 47.8. The van der Waals surface area contributed by atoms with E-state index in [-0.39, 0.29) is 0 Å². The van der Waals surface area contributed by atoms with Crippen LogP contribution in [0.2, 0.25) is 0 Å². The van der Waals surface area contributed by atoms with E-state index in [1.807, 2.05) is 30.3 Å². The molecule has 1 aromatic carbocycles. The fourth-order valence-electron chi connectivity index (χ4n) is 8.11. The summed E-state index contributed by atoms with van der Waals surface area (Å²) < 4.78 is 31.4. The maximum absolute atomic E-state index is 6.41. The number of benzene rings is 1. The van der Waals surface area contributed by atoms with Crippen molar-refractivity contribution in [2.24, 2.45) is 0 Å². The third-order valence-electron chi connectivity index (χ3n) is 12.1. The number of hydrogen-bond acceptors (Lipinski definition) is 5. The Balaban J connectivity index is 2.18. The van der Waals surface area contributed by atoms with Gasteiger partial charge in [0.15, 0.2) is 0 Å². The van der Waals surface area contributed by atoms with Gasteiger partial charge in [-0.1, -0.05) is 239 Å². The summed E-state index contributed by atoms with van der Waals surface area (Å²) in [6, 6.07) is 10.0. The lowest BCUT2D eigenvalue weighted by molar-refractivity contribution is 0.0359. The number of rotatable bonds is 50. The molecule has 354 valence electrons. The van der Waals surface area contributed by atoms with Crippen molar-refractivity contribution in [3.63, 3.8) is 0 Å². The SMILES string of the molecule is CCCCCCCCCCCCOC(CCCC)CCCCCCCOP(OCCCCCCCC(CCCC)OCCCCCCCCCCCC)Oc1ccccc1. The van der Waals surface area contributed by atoms with Crippen LogP contribution in [-0.2, 0) is 18.5 Å². The molecule has 0 aromatic heterocycles. The van der Waals surface area contributed by atoms with Crippen molar-refractivity contribution in [2.45, 2.75) is 284 Å². The van der Waals surface area contributed by atoms with Gasteiger partial charge in [0.1, 0.15) is 5.75 Å². The van der Waals surface area contributed by atoms with Crippen LogP contribution in [0.1, 0.15) is 272 Å². The van der Waals surface area contributed by atoms with Crippen LogP contribution in [0.4, 0.5) is 0 Å². The zero-order valence-corrected chi connectivity index (χ0v) is 41.6. The lowest BCUT2D eigenvalue weighted by Crippen LogP contribution is -2.14. The molecule has 0 saturated heterocycles. The molecule has 0 bridgehead atoms. The molecule has 0 fully saturated rings. The Morgan fingerprint density at radius 3 is 1.00 bits per heavy atom. The molecule has 60 heavy (non-hydrogen) atoms. The lowest BCUT2D eigenvalue weighted by Gasteiger charge is -2.18. The van der Waals surface area contributed by atoms with Gasteiger partial charge in [-0.15, -0.1) is 0 Å². The minimum atomic E-state index is -1.39. The molecular weight excluding hydrogens is 760 g/mol. The highest BCUT2D eigenvalue weighted by atomic mass is 31.2. The average molecular weight is 863 g/mol. The first-order valence-corrected chi connectivity index (χ1v) is 27.8. The highest BCUT2D eigenvalue weighted by Crippen LogP contribution is 2.41. The van der Waals surface area contributed by atoms with E-state index < -0.39 is 8.60 Å². The molecule has 0 saturated carbocycles. The molecule has 1 rings (SSSR count). The third kappa shape index (κ3) is 40.1. The molecule has 0 spiro atoms. The van der Waals surface area contributed by atoms with Crippen molar-refractivity contribution in [1.29, 1.82) is 0 Å². The third-order valence-corrected chi connectivity index (χ3v) is 13.3. The molecule has 2 atom stereocenters. The predicted octanol–water partition coefficient (Wildman–Crippen LogP) is 19.0. The van der Waals surface area contributed by atoms with E-state index in [0.29, 0.717) is 25.4 Å². The molecule has 0 aliphatic carbocycles. The van der Waals surface area contributed by atoms with Gasteiger partial charge in [0.05, 0.1) is 25.4 Å². The Morgan fingerprint density at radius 1 is 0.333 bits per heavy atom. The van der Waals surface area contributed by atoms with Gasteiger partial charge in [-0.3, -0.25) is 0 Å². The summed E-state index contributed by atoms with van der Waals surface area (Å²) in [5.41, 5.74) is 0. The van der Waals surface area contributed by atoms with E-state index in [9.17, 15) is 0 Å². The Labute approximate surface area is 376 Å². The van der Waals surface area contributed by atoms with Crippen LogP contribution >= 0.6 is 8.60 Å². The van der Waals surface area contributed by atoms with Crippen LogP contribution in [0.3, 0.4) is 0 Å².